The van der Waals surface area contributed by atoms with E-state index in [1.807, 2.05) is 6.07 Å². The minimum absolute atomic E-state index is 0.905. The van der Waals surface area contributed by atoms with Gasteiger partial charge < -0.3 is 9.73 Å². The highest BCUT2D eigenvalue weighted by Gasteiger charge is 1.94. The first-order valence-corrected chi connectivity index (χ1v) is 6.21. The molecule has 0 saturated carbocycles. The number of furan rings is 1. The molecule has 0 fully saturated rings. The Kier molecular flexibility index (Phi) is 4.86. The summed E-state index contributed by atoms with van der Waals surface area (Å²) in [5.41, 5.74) is 2.65. The lowest BCUT2D eigenvalue weighted by Crippen LogP contribution is -2.14. The Labute approximate surface area is 103 Å². The molecule has 2 aromatic rings. The maximum Gasteiger partial charge on any atom is 0.0947 e. The Bertz CT molecular complexity index is 394. The molecular formula is C15H19NO. The number of nitrogens with one attached hydrogen (secondary N) is 1. The fourth-order valence-electron chi connectivity index (χ4n) is 1.85. The Balaban J connectivity index is 1.52. The number of hydrogen-bond acceptors (Lipinski definition) is 2. The summed E-state index contributed by atoms with van der Waals surface area (Å²) in [5, 5.41) is 3.41. The van der Waals surface area contributed by atoms with Crippen LogP contribution in [-0.2, 0) is 13.0 Å². The summed E-state index contributed by atoms with van der Waals surface area (Å²) in [6, 6.07) is 12.7. The zero-order valence-corrected chi connectivity index (χ0v) is 10.1. The summed E-state index contributed by atoms with van der Waals surface area (Å²) < 4.78 is 5.01. The quantitative estimate of drug-likeness (QED) is 0.736. The third-order valence-corrected chi connectivity index (χ3v) is 2.82. The van der Waals surface area contributed by atoms with Crippen molar-refractivity contribution in [1.82, 2.24) is 5.32 Å². The maximum absolute atomic E-state index is 5.01. The summed E-state index contributed by atoms with van der Waals surface area (Å²) in [6.07, 6.45) is 7.13. The average Bonchev–Trinajstić information content (AvgIpc) is 2.88. The van der Waals surface area contributed by atoms with E-state index in [-0.39, 0.29) is 0 Å². The van der Waals surface area contributed by atoms with Gasteiger partial charge in [-0.25, -0.2) is 0 Å². The van der Waals surface area contributed by atoms with Gasteiger partial charge in [0.05, 0.1) is 12.5 Å². The smallest absolute Gasteiger partial charge is 0.0947 e. The van der Waals surface area contributed by atoms with Gasteiger partial charge in [0.15, 0.2) is 0 Å². The van der Waals surface area contributed by atoms with Crippen LogP contribution < -0.4 is 5.32 Å². The Hall–Kier alpha value is -1.54. The van der Waals surface area contributed by atoms with Crippen LogP contribution in [0.5, 0.6) is 0 Å². The second-order valence-electron chi connectivity index (χ2n) is 4.25. The first kappa shape index (κ1) is 11.9. The lowest BCUT2D eigenvalue weighted by Gasteiger charge is -2.03. The molecule has 0 spiro atoms. The van der Waals surface area contributed by atoms with E-state index in [9.17, 15) is 0 Å². The summed E-state index contributed by atoms with van der Waals surface area (Å²) in [7, 11) is 0. The molecule has 2 heteroatoms. The van der Waals surface area contributed by atoms with Gasteiger partial charge in [0.25, 0.3) is 0 Å². The van der Waals surface area contributed by atoms with Crippen LogP contribution in [0.2, 0.25) is 0 Å². The molecule has 2 rings (SSSR count). The predicted molar refractivity (Wildman–Crippen MR) is 69.8 cm³/mol. The normalized spacial score (nSPS) is 10.6. The van der Waals surface area contributed by atoms with Crippen LogP contribution in [0.3, 0.4) is 0 Å². The highest BCUT2D eigenvalue weighted by Crippen LogP contribution is 2.04. The first-order chi connectivity index (χ1) is 8.45. The Morgan fingerprint density at radius 3 is 2.59 bits per heavy atom. The molecule has 0 atom stereocenters. The molecule has 0 aliphatic rings. The highest BCUT2D eigenvalue weighted by molar-refractivity contribution is 5.14. The van der Waals surface area contributed by atoms with Crippen molar-refractivity contribution in [3.05, 3.63) is 60.1 Å². The zero-order chi connectivity index (χ0) is 11.8. The van der Waals surface area contributed by atoms with Crippen molar-refractivity contribution in [2.75, 3.05) is 6.54 Å². The lowest BCUT2D eigenvalue weighted by atomic mass is 10.1. The molecule has 0 amide bonds. The van der Waals surface area contributed by atoms with Gasteiger partial charge >= 0.3 is 0 Å². The molecule has 0 aliphatic heterocycles. The van der Waals surface area contributed by atoms with E-state index in [1.165, 1.54) is 30.4 Å². The molecule has 1 heterocycles. The molecule has 2 nitrogen and oxygen atoms in total. The van der Waals surface area contributed by atoms with E-state index in [0.717, 1.165) is 13.1 Å². The van der Waals surface area contributed by atoms with Crippen molar-refractivity contribution in [1.29, 1.82) is 0 Å². The van der Waals surface area contributed by atoms with Gasteiger partial charge in [-0.1, -0.05) is 30.3 Å². The molecule has 1 N–H and O–H groups in total. The van der Waals surface area contributed by atoms with E-state index >= 15 is 0 Å². The minimum atomic E-state index is 0.905. The molecule has 17 heavy (non-hydrogen) atoms. The third kappa shape index (κ3) is 4.45. The van der Waals surface area contributed by atoms with Gasteiger partial charge in [-0.05, 0) is 37.4 Å². The molecule has 0 aliphatic carbocycles. The SMILES string of the molecule is c1ccc(CCCCNCc2ccoc2)cc1. The minimum Gasteiger partial charge on any atom is -0.472 e. The van der Waals surface area contributed by atoms with Crippen LogP contribution in [0.15, 0.2) is 53.3 Å². The number of rotatable bonds is 7. The number of aryl methyl sites for hydroxylation is 1. The van der Waals surface area contributed by atoms with Crippen LogP contribution in [-0.4, -0.2) is 6.54 Å². The average molecular weight is 229 g/mol. The van der Waals surface area contributed by atoms with Gasteiger partial charge in [-0.15, -0.1) is 0 Å². The monoisotopic (exact) mass is 229 g/mol. The Morgan fingerprint density at radius 2 is 1.82 bits per heavy atom. The fourth-order valence-corrected chi connectivity index (χ4v) is 1.85. The van der Waals surface area contributed by atoms with Crippen LogP contribution in [0.25, 0.3) is 0 Å². The highest BCUT2D eigenvalue weighted by atomic mass is 16.3. The number of hydrogen-bond donors (Lipinski definition) is 1. The van der Waals surface area contributed by atoms with E-state index in [4.69, 9.17) is 4.42 Å². The number of benzene rings is 1. The molecular weight excluding hydrogens is 210 g/mol. The fraction of sp³-hybridized carbons (Fsp3) is 0.333. The van der Waals surface area contributed by atoms with Gasteiger partial charge in [0.2, 0.25) is 0 Å². The standard InChI is InChI=1S/C15H19NO/c1-2-6-14(7-3-1)8-4-5-10-16-12-15-9-11-17-13-15/h1-3,6-7,9,11,13,16H,4-5,8,10,12H2. The van der Waals surface area contributed by atoms with Gasteiger partial charge in [0, 0.05) is 12.1 Å². The molecule has 90 valence electrons. The summed E-state index contributed by atoms with van der Waals surface area (Å²) in [6.45, 7) is 1.97. The van der Waals surface area contributed by atoms with Crippen LogP contribution in [0.4, 0.5) is 0 Å². The van der Waals surface area contributed by atoms with Crippen LogP contribution in [0, 0.1) is 0 Å². The molecule has 0 unspecified atom stereocenters. The zero-order valence-electron chi connectivity index (χ0n) is 10.1. The van der Waals surface area contributed by atoms with Gasteiger partial charge in [0.1, 0.15) is 0 Å². The van der Waals surface area contributed by atoms with E-state index in [2.05, 4.69) is 35.6 Å². The predicted octanol–water partition coefficient (Wildman–Crippen LogP) is 3.39. The topological polar surface area (TPSA) is 25.2 Å². The van der Waals surface area contributed by atoms with Crippen molar-refractivity contribution >= 4 is 0 Å². The molecule has 0 saturated heterocycles. The van der Waals surface area contributed by atoms with Crippen molar-refractivity contribution in [3.8, 4) is 0 Å². The Morgan fingerprint density at radius 1 is 0.941 bits per heavy atom. The molecule has 1 aromatic heterocycles. The molecule has 0 bridgehead atoms. The van der Waals surface area contributed by atoms with Crippen LogP contribution >= 0.6 is 0 Å². The summed E-state index contributed by atoms with van der Waals surface area (Å²) in [4.78, 5) is 0. The second kappa shape index (κ2) is 6.92. The van der Waals surface area contributed by atoms with E-state index in [0.29, 0.717) is 0 Å². The largest absolute Gasteiger partial charge is 0.472 e. The van der Waals surface area contributed by atoms with Crippen molar-refractivity contribution < 1.29 is 4.42 Å². The van der Waals surface area contributed by atoms with E-state index < -0.39 is 0 Å². The van der Waals surface area contributed by atoms with E-state index in [1.54, 1.807) is 12.5 Å². The van der Waals surface area contributed by atoms with Gasteiger partial charge in [-0.3, -0.25) is 0 Å². The second-order valence-corrected chi connectivity index (χ2v) is 4.25. The third-order valence-electron chi connectivity index (χ3n) is 2.82. The lowest BCUT2D eigenvalue weighted by molar-refractivity contribution is 0.558. The number of unbranched alkanes of at least 4 members (excludes halogenated alkanes) is 1. The molecule has 1 aromatic carbocycles. The summed E-state index contributed by atoms with van der Waals surface area (Å²) >= 11 is 0. The van der Waals surface area contributed by atoms with Crippen molar-refractivity contribution in [3.63, 3.8) is 0 Å². The van der Waals surface area contributed by atoms with Crippen LogP contribution in [0.1, 0.15) is 24.0 Å². The first-order valence-electron chi connectivity index (χ1n) is 6.21. The van der Waals surface area contributed by atoms with Crippen molar-refractivity contribution in [2.45, 2.75) is 25.8 Å². The maximum atomic E-state index is 5.01. The van der Waals surface area contributed by atoms with Crippen molar-refractivity contribution in [2.24, 2.45) is 0 Å². The molecule has 0 radical (unpaired) electrons. The summed E-state index contributed by atoms with van der Waals surface area (Å²) in [5.74, 6) is 0. The van der Waals surface area contributed by atoms with Gasteiger partial charge in [-0.2, -0.15) is 0 Å².